The number of nitrogens with one attached hydrogen (secondary N) is 1. The quantitative estimate of drug-likeness (QED) is 0.677. The molecule has 24 heavy (non-hydrogen) atoms. The molecule has 0 aliphatic carbocycles. The van der Waals surface area contributed by atoms with Crippen LogP contribution in [0.2, 0.25) is 0 Å². The van der Waals surface area contributed by atoms with E-state index in [1.807, 2.05) is 7.05 Å². The van der Waals surface area contributed by atoms with E-state index in [1.54, 1.807) is 0 Å². The molecule has 2 aliphatic rings. The van der Waals surface area contributed by atoms with Crippen molar-refractivity contribution in [3.05, 3.63) is 35.4 Å². The van der Waals surface area contributed by atoms with Crippen molar-refractivity contribution in [1.29, 1.82) is 0 Å². The van der Waals surface area contributed by atoms with Crippen LogP contribution in [0.4, 0.5) is 0 Å². The fraction of sp³-hybridized carbons (Fsp3) is 0.632. The number of likely N-dealkylation sites (tertiary alicyclic amines) is 1. The molecule has 5 heteroatoms. The van der Waals surface area contributed by atoms with Crippen LogP contribution in [0.5, 0.6) is 0 Å². The van der Waals surface area contributed by atoms with Gasteiger partial charge in [0.25, 0.3) is 0 Å². The van der Waals surface area contributed by atoms with Crippen LogP contribution < -0.4 is 5.32 Å². The number of guanidine groups is 1. The molecule has 0 amide bonds. The SMILES string of the molecule is CN=C(NCC(c1ccc(C)cc1)N1CCOCC1)N1CCCC1. The minimum atomic E-state index is 0.355. The Kier molecular flexibility index (Phi) is 6.10. The number of aliphatic imine (C=N–C) groups is 1. The maximum absolute atomic E-state index is 5.54. The van der Waals surface area contributed by atoms with Gasteiger partial charge in [-0.25, -0.2) is 0 Å². The Hall–Kier alpha value is -1.59. The fourth-order valence-electron chi connectivity index (χ4n) is 3.58. The molecule has 2 aliphatic heterocycles. The first kappa shape index (κ1) is 17.2. The second-order valence-corrected chi connectivity index (χ2v) is 6.70. The van der Waals surface area contributed by atoms with Crippen molar-refractivity contribution in [1.82, 2.24) is 15.1 Å². The summed E-state index contributed by atoms with van der Waals surface area (Å²) in [5.74, 6) is 1.04. The summed E-state index contributed by atoms with van der Waals surface area (Å²) in [5.41, 5.74) is 2.67. The summed E-state index contributed by atoms with van der Waals surface area (Å²) < 4.78 is 5.54. The largest absolute Gasteiger partial charge is 0.379 e. The van der Waals surface area contributed by atoms with E-state index < -0.39 is 0 Å². The van der Waals surface area contributed by atoms with Crippen LogP contribution in [-0.2, 0) is 4.74 Å². The molecule has 1 atom stereocenters. The predicted octanol–water partition coefficient (Wildman–Crippen LogP) is 2.04. The Morgan fingerprint density at radius 1 is 1.12 bits per heavy atom. The number of aryl methyl sites for hydroxylation is 1. The van der Waals surface area contributed by atoms with E-state index in [-0.39, 0.29) is 0 Å². The van der Waals surface area contributed by atoms with E-state index in [1.165, 1.54) is 24.0 Å². The zero-order chi connectivity index (χ0) is 16.8. The highest BCUT2D eigenvalue weighted by Crippen LogP contribution is 2.22. The van der Waals surface area contributed by atoms with Crippen LogP contribution in [0.3, 0.4) is 0 Å². The van der Waals surface area contributed by atoms with Crippen LogP contribution in [0, 0.1) is 6.92 Å². The molecule has 1 aromatic carbocycles. The summed E-state index contributed by atoms with van der Waals surface area (Å²) in [6, 6.07) is 9.29. The molecular weight excluding hydrogens is 300 g/mol. The third kappa shape index (κ3) is 4.28. The highest BCUT2D eigenvalue weighted by molar-refractivity contribution is 5.80. The van der Waals surface area contributed by atoms with E-state index in [4.69, 9.17) is 4.74 Å². The fourth-order valence-corrected chi connectivity index (χ4v) is 3.58. The Labute approximate surface area is 145 Å². The molecule has 0 aromatic heterocycles. The van der Waals surface area contributed by atoms with Gasteiger partial charge in [0.15, 0.2) is 5.96 Å². The van der Waals surface area contributed by atoms with Gasteiger partial charge in [-0.05, 0) is 25.3 Å². The summed E-state index contributed by atoms with van der Waals surface area (Å²) in [7, 11) is 1.89. The first-order chi connectivity index (χ1) is 11.8. The highest BCUT2D eigenvalue weighted by Gasteiger charge is 2.24. The lowest BCUT2D eigenvalue weighted by atomic mass is 10.0. The monoisotopic (exact) mass is 330 g/mol. The molecule has 132 valence electrons. The molecule has 2 fully saturated rings. The number of rotatable bonds is 4. The average Bonchev–Trinajstić information content (AvgIpc) is 3.15. The summed E-state index contributed by atoms with van der Waals surface area (Å²) in [4.78, 5) is 9.38. The molecule has 0 spiro atoms. The van der Waals surface area contributed by atoms with Gasteiger partial charge in [0, 0.05) is 39.8 Å². The molecule has 1 unspecified atom stereocenters. The number of morpholine rings is 1. The van der Waals surface area contributed by atoms with Gasteiger partial charge in [0.2, 0.25) is 0 Å². The standard InChI is InChI=1S/C19H30N4O/c1-16-5-7-17(8-6-16)18(22-11-13-24-14-12-22)15-21-19(20-2)23-9-3-4-10-23/h5-8,18H,3-4,9-15H2,1-2H3,(H,20,21). The zero-order valence-corrected chi connectivity index (χ0v) is 15.0. The molecule has 2 saturated heterocycles. The number of ether oxygens (including phenoxy) is 1. The predicted molar refractivity (Wildman–Crippen MR) is 98.5 cm³/mol. The Balaban J connectivity index is 1.70. The lowest BCUT2D eigenvalue weighted by Gasteiger charge is -2.35. The van der Waals surface area contributed by atoms with E-state index in [0.29, 0.717) is 6.04 Å². The smallest absolute Gasteiger partial charge is 0.193 e. The second kappa shape index (κ2) is 8.49. The molecule has 1 aromatic rings. The maximum atomic E-state index is 5.54. The van der Waals surface area contributed by atoms with Crippen molar-refractivity contribution >= 4 is 5.96 Å². The van der Waals surface area contributed by atoms with Crippen molar-refractivity contribution in [2.24, 2.45) is 4.99 Å². The summed E-state index contributed by atoms with van der Waals surface area (Å²) >= 11 is 0. The van der Waals surface area contributed by atoms with E-state index in [0.717, 1.165) is 51.9 Å². The molecule has 0 bridgehead atoms. The third-order valence-electron chi connectivity index (χ3n) is 5.02. The van der Waals surface area contributed by atoms with Crippen LogP contribution in [-0.4, -0.2) is 68.7 Å². The van der Waals surface area contributed by atoms with Gasteiger partial charge >= 0.3 is 0 Å². The summed E-state index contributed by atoms with van der Waals surface area (Å²) in [6.45, 7) is 8.88. The van der Waals surface area contributed by atoms with Crippen LogP contribution in [0.1, 0.15) is 30.0 Å². The van der Waals surface area contributed by atoms with Crippen molar-refractivity contribution in [3.63, 3.8) is 0 Å². The Morgan fingerprint density at radius 3 is 2.42 bits per heavy atom. The van der Waals surface area contributed by atoms with Crippen molar-refractivity contribution < 1.29 is 4.74 Å². The van der Waals surface area contributed by atoms with Crippen molar-refractivity contribution in [2.45, 2.75) is 25.8 Å². The molecule has 2 heterocycles. The van der Waals surface area contributed by atoms with Crippen LogP contribution in [0.15, 0.2) is 29.3 Å². The van der Waals surface area contributed by atoms with Gasteiger partial charge in [0.05, 0.1) is 19.3 Å². The van der Waals surface area contributed by atoms with Crippen molar-refractivity contribution in [3.8, 4) is 0 Å². The molecule has 1 N–H and O–H groups in total. The van der Waals surface area contributed by atoms with E-state index in [9.17, 15) is 0 Å². The number of benzene rings is 1. The minimum absolute atomic E-state index is 0.355. The summed E-state index contributed by atoms with van der Waals surface area (Å²) in [5, 5.41) is 3.62. The normalized spacial score (nSPS) is 21.1. The van der Waals surface area contributed by atoms with Gasteiger partial charge in [-0.1, -0.05) is 29.8 Å². The third-order valence-corrected chi connectivity index (χ3v) is 5.02. The lowest BCUT2D eigenvalue weighted by Crippen LogP contribution is -2.47. The Bertz CT molecular complexity index is 531. The van der Waals surface area contributed by atoms with Gasteiger partial charge in [-0.3, -0.25) is 9.89 Å². The first-order valence-corrected chi connectivity index (χ1v) is 9.12. The average molecular weight is 330 g/mol. The van der Waals surface area contributed by atoms with Gasteiger partial charge in [0.1, 0.15) is 0 Å². The number of nitrogens with zero attached hydrogens (tertiary/aromatic N) is 3. The van der Waals surface area contributed by atoms with Crippen LogP contribution >= 0.6 is 0 Å². The zero-order valence-electron chi connectivity index (χ0n) is 15.0. The molecular formula is C19H30N4O. The molecule has 5 nitrogen and oxygen atoms in total. The van der Waals surface area contributed by atoms with Crippen molar-refractivity contribution in [2.75, 3.05) is 53.0 Å². The minimum Gasteiger partial charge on any atom is -0.379 e. The van der Waals surface area contributed by atoms with Gasteiger partial charge in [-0.15, -0.1) is 0 Å². The Morgan fingerprint density at radius 2 is 1.79 bits per heavy atom. The summed E-state index contributed by atoms with van der Waals surface area (Å²) in [6.07, 6.45) is 2.54. The maximum Gasteiger partial charge on any atom is 0.193 e. The number of hydrogen-bond donors (Lipinski definition) is 1. The van der Waals surface area contributed by atoms with E-state index in [2.05, 4.69) is 51.3 Å². The van der Waals surface area contributed by atoms with Gasteiger partial charge in [-0.2, -0.15) is 0 Å². The molecule has 0 radical (unpaired) electrons. The molecule has 3 rings (SSSR count). The van der Waals surface area contributed by atoms with Gasteiger partial charge < -0.3 is 15.0 Å². The second-order valence-electron chi connectivity index (χ2n) is 6.70. The van der Waals surface area contributed by atoms with Crippen LogP contribution in [0.25, 0.3) is 0 Å². The number of hydrogen-bond acceptors (Lipinski definition) is 3. The lowest BCUT2D eigenvalue weighted by molar-refractivity contribution is 0.0169. The highest BCUT2D eigenvalue weighted by atomic mass is 16.5. The molecule has 0 saturated carbocycles. The first-order valence-electron chi connectivity index (χ1n) is 9.12. The van der Waals surface area contributed by atoms with E-state index >= 15 is 0 Å². The topological polar surface area (TPSA) is 40.1 Å².